The lowest BCUT2D eigenvalue weighted by atomic mass is 9.70. The van der Waals surface area contributed by atoms with Crippen LogP contribution >= 0.6 is 11.8 Å². The number of hydrogen-bond acceptors (Lipinski definition) is 7. The third kappa shape index (κ3) is 4.42. The number of nitrogens with zero attached hydrogens (tertiary/aromatic N) is 2. The zero-order valence-electron chi connectivity index (χ0n) is 20.7. The molecule has 4 aliphatic heterocycles. The standard InChI is InChI=1S/C26H36N4O5S/c1-2-18(16-31)30-22(24(33)27-10-11-29-12-14-35-15-13-29)26-9-8-19(36-26)20(21(26)25(30)34)23(32)28-17-6-4-3-5-7-17/h3-7,18-22,31H,2,8-16H2,1H3,(H,27,33)(H,28,32)/t18-,19+,20-,21-,22?,26?/m0/s1. The van der Waals surface area contributed by atoms with Crippen molar-refractivity contribution >= 4 is 35.2 Å². The van der Waals surface area contributed by atoms with E-state index >= 15 is 0 Å². The molecule has 1 aromatic carbocycles. The highest BCUT2D eigenvalue weighted by Crippen LogP contribution is 2.66. The van der Waals surface area contributed by atoms with E-state index in [4.69, 9.17) is 4.74 Å². The molecule has 4 heterocycles. The molecule has 10 heteroatoms. The van der Waals surface area contributed by atoms with Gasteiger partial charge in [0.2, 0.25) is 17.7 Å². The van der Waals surface area contributed by atoms with E-state index in [1.807, 2.05) is 37.3 Å². The minimum Gasteiger partial charge on any atom is -0.394 e. The first-order valence-electron chi connectivity index (χ1n) is 13.0. The first-order valence-corrected chi connectivity index (χ1v) is 13.9. The monoisotopic (exact) mass is 516 g/mol. The zero-order chi connectivity index (χ0) is 25.3. The van der Waals surface area contributed by atoms with Crippen molar-refractivity contribution in [3.8, 4) is 0 Å². The highest BCUT2D eigenvalue weighted by atomic mass is 32.2. The Labute approximate surface area is 216 Å². The lowest BCUT2D eigenvalue weighted by Crippen LogP contribution is -2.57. The number of fused-ring (bicyclic) bond motifs is 1. The molecule has 4 fully saturated rings. The fraction of sp³-hybridized carbons (Fsp3) is 0.654. The van der Waals surface area contributed by atoms with Crippen molar-refractivity contribution in [2.45, 2.75) is 48.3 Å². The number of carbonyl (C=O) groups is 3. The molecular weight excluding hydrogens is 480 g/mol. The summed E-state index contributed by atoms with van der Waals surface area (Å²) in [5.74, 6) is -1.58. The first-order chi connectivity index (χ1) is 17.5. The number of aliphatic hydroxyl groups excluding tert-OH is 1. The molecule has 1 aromatic rings. The number of anilines is 1. The van der Waals surface area contributed by atoms with E-state index in [9.17, 15) is 19.5 Å². The second-order valence-electron chi connectivity index (χ2n) is 10.1. The first kappa shape index (κ1) is 25.5. The van der Waals surface area contributed by atoms with E-state index in [0.717, 1.165) is 26.1 Å². The molecule has 4 saturated heterocycles. The minimum absolute atomic E-state index is 0.00247. The number of hydrogen-bond donors (Lipinski definition) is 3. The zero-order valence-corrected chi connectivity index (χ0v) is 21.5. The molecule has 1 spiro atoms. The molecule has 5 rings (SSSR count). The van der Waals surface area contributed by atoms with E-state index in [1.165, 1.54) is 0 Å². The van der Waals surface area contributed by atoms with Gasteiger partial charge in [0.25, 0.3) is 0 Å². The van der Waals surface area contributed by atoms with Crippen LogP contribution < -0.4 is 10.6 Å². The van der Waals surface area contributed by atoms with Crippen LogP contribution in [-0.2, 0) is 19.1 Å². The van der Waals surface area contributed by atoms with Gasteiger partial charge in [0, 0.05) is 37.1 Å². The van der Waals surface area contributed by atoms with Gasteiger partial charge in [0.05, 0.1) is 42.4 Å². The Morgan fingerprint density at radius 1 is 1.22 bits per heavy atom. The summed E-state index contributed by atoms with van der Waals surface area (Å²) in [7, 11) is 0. The number of thioether (sulfide) groups is 1. The second-order valence-corrected chi connectivity index (χ2v) is 11.7. The molecule has 0 aliphatic carbocycles. The summed E-state index contributed by atoms with van der Waals surface area (Å²) in [5.41, 5.74) is 0.700. The summed E-state index contributed by atoms with van der Waals surface area (Å²) in [6.07, 6.45) is 2.05. The number of amides is 3. The van der Waals surface area contributed by atoms with Gasteiger partial charge in [-0.1, -0.05) is 25.1 Å². The molecule has 0 saturated carbocycles. The Bertz CT molecular complexity index is 970. The van der Waals surface area contributed by atoms with Crippen LogP contribution in [0.5, 0.6) is 0 Å². The summed E-state index contributed by atoms with van der Waals surface area (Å²) in [6, 6.07) is 8.13. The van der Waals surface area contributed by atoms with Crippen LogP contribution in [0.2, 0.25) is 0 Å². The third-order valence-corrected chi connectivity index (χ3v) is 10.2. The Hall–Kier alpha value is -2.14. The summed E-state index contributed by atoms with van der Waals surface area (Å²) in [6.45, 7) is 5.99. The van der Waals surface area contributed by atoms with Gasteiger partial charge >= 0.3 is 0 Å². The van der Waals surface area contributed by atoms with Gasteiger partial charge in [-0.3, -0.25) is 19.3 Å². The van der Waals surface area contributed by atoms with Crippen molar-refractivity contribution in [3.63, 3.8) is 0 Å². The van der Waals surface area contributed by atoms with Crippen LogP contribution in [-0.4, -0.2) is 101 Å². The van der Waals surface area contributed by atoms with Gasteiger partial charge in [-0.05, 0) is 31.4 Å². The summed E-state index contributed by atoms with van der Waals surface area (Å²) in [5, 5.41) is 16.2. The summed E-state index contributed by atoms with van der Waals surface area (Å²) in [4.78, 5) is 45.0. The fourth-order valence-corrected chi connectivity index (χ4v) is 8.71. The maximum Gasteiger partial charge on any atom is 0.244 e. The van der Waals surface area contributed by atoms with Gasteiger partial charge in [-0.25, -0.2) is 0 Å². The molecule has 2 bridgehead atoms. The largest absolute Gasteiger partial charge is 0.394 e. The Kier molecular flexibility index (Phi) is 7.57. The van der Waals surface area contributed by atoms with Crippen molar-refractivity contribution in [2.24, 2.45) is 11.8 Å². The number of ether oxygens (including phenoxy) is 1. The molecule has 0 radical (unpaired) electrons. The highest BCUT2D eigenvalue weighted by Gasteiger charge is 2.74. The number of carbonyl (C=O) groups excluding carboxylic acids is 3. The third-order valence-electron chi connectivity index (χ3n) is 8.24. The number of aliphatic hydroxyl groups is 1. The van der Waals surface area contributed by atoms with Crippen LogP contribution in [0.4, 0.5) is 5.69 Å². The molecule has 4 aliphatic rings. The molecule has 6 atom stereocenters. The van der Waals surface area contributed by atoms with E-state index in [2.05, 4.69) is 15.5 Å². The average Bonchev–Trinajstić information content (AvgIpc) is 3.54. The van der Waals surface area contributed by atoms with Gasteiger partial charge in [0.15, 0.2) is 0 Å². The van der Waals surface area contributed by atoms with E-state index < -0.39 is 28.7 Å². The van der Waals surface area contributed by atoms with Gasteiger partial charge in [-0.2, -0.15) is 0 Å². The van der Waals surface area contributed by atoms with Crippen molar-refractivity contribution in [1.82, 2.24) is 15.1 Å². The molecule has 196 valence electrons. The SMILES string of the molecule is CC[C@@H](CO)N1C(=O)[C@@H]2[C@@H](C(=O)Nc3ccccc3)[C@H]3CCC2(S3)C1C(=O)NCCN1CCOCC1. The van der Waals surface area contributed by atoms with Crippen molar-refractivity contribution in [3.05, 3.63) is 30.3 Å². The van der Waals surface area contributed by atoms with Crippen LogP contribution in [0.3, 0.4) is 0 Å². The smallest absolute Gasteiger partial charge is 0.244 e. The molecular formula is C26H36N4O5S. The van der Waals surface area contributed by atoms with Crippen molar-refractivity contribution < 1.29 is 24.2 Å². The maximum atomic E-state index is 14.0. The molecule has 36 heavy (non-hydrogen) atoms. The van der Waals surface area contributed by atoms with E-state index in [1.54, 1.807) is 16.7 Å². The summed E-state index contributed by atoms with van der Waals surface area (Å²) < 4.78 is 4.75. The molecule has 0 aromatic heterocycles. The number of rotatable bonds is 9. The lowest BCUT2D eigenvalue weighted by molar-refractivity contribution is -0.142. The molecule has 3 amide bonds. The van der Waals surface area contributed by atoms with E-state index in [0.29, 0.717) is 38.3 Å². The molecule has 3 N–H and O–H groups in total. The fourth-order valence-electron chi connectivity index (χ4n) is 6.50. The number of morpholine rings is 1. The Balaban J connectivity index is 1.38. The lowest BCUT2D eigenvalue weighted by Gasteiger charge is -2.37. The van der Waals surface area contributed by atoms with Gasteiger partial charge in [-0.15, -0.1) is 11.8 Å². The van der Waals surface area contributed by atoms with Crippen molar-refractivity contribution in [1.29, 1.82) is 0 Å². The van der Waals surface area contributed by atoms with Crippen LogP contribution in [0, 0.1) is 11.8 Å². The number of benzene rings is 1. The van der Waals surface area contributed by atoms with E-state index in [-0.39, 0.29) is 29.6 Å². The predicted octanol–water partition coefficient (Wildman–Crippen LogP) is 0.936. The quantitative estimate of drug-likeness (QED) is 0.448. The van der Waals surface area contributed by atoms with Crippen LogP contribution in [0.25, 0.3) is 0 Å². The normalized spacial score (nSPS) is 32.4. The van der Waals surface area contributed by atoms with Gasteiger partial charge < -0.3 is 25.4 Å². The number of nitrogens with one attached hydrogen (secondary N) is 2. The Morgan fingerprint density at radius 2 is 1.97 bits per heavy atom. The molecule has 2 unspecified atom stereocenters. The number of para-hydroxylation sites is 1. The van der Waals surface area contributed by atoms with Crippen molar-refractivity contribution in [2.75, 3.05) is 51.3 Å². The number of likely N-dealkylation sites (tertiary alicyclic amines) is 1. The topological polar surface area (TPSA) is 111 Å². The van der Waals surface area contributed by atoms with Crippen LogP contribution in [0.1, 0.15) is 26.2 Å². The summed E-state index contributed by atoms with van der Waals surface area (Å²) >= 11 is 1.65. The molecule has 9 nitrogen and oxygen atoms in total. The van der Waals surface area contributed by atoms with Crippen LogP contribution in [0.15, 0.2) is 30.3 Å². The second kappa shape index (κ2) is 10.7. The average molecular weight is 517 g/mol. The predicted molar refractivity (Wildman–Crippen MR) is 137 cm³/mol. The Morgan fingerprint density at radius 3 is 2.67 bits per heavy atom. The minimum atomic E-state index is -0.693. The van der Waals surface area contributed by atoms with Gasteiger partial charge in [0.1, 0.15) is 6.04 Å². The highest BCUT2D eigenvalue weighted by molar-refractivity contribution is 8.02. The maximum absolute atomic E-state index is 14.0.